The average Bonchev–Trinajstić information content (AvgIpc) is 2.84. The minimum absolute atomic E-state index is 0.477. The van der Waals surface area contributed by atoms with Crippen LogP contribution in [0.2, 0.25) is 0 Å². The van der Waals surface area contributed by atoms with Crippen LogP contribution in [0.4, 0.5) is 0 Å². The molecule has 0 aromatic carbocycles. The van der Waals surface area contributed by atoms with E-state index in [0.717, 1.165) is 16.5 Å². The van der Waals surface area contributed by atoms with Crippen molar-refractivity contribution in [2.24, 2.45) is 5.73 Å². The quantitative estimate of drug-likeness (QED) is 0.817. The van der Waals surface area contributed by atoms with E-state index in [2.05, 4.69) is 20.2 Å². The van der Waals surface area contributed by atoms with Crippen LogP contribution in [0, 0.1) is 0 Å². The van der Waals surface area contributed by atoms with E-state index >= 15 is 0 Å². The summed E-state index contributed by atoms with van der Waals surface area (Å²) in [5.41, 5.74) is 6.33. The van der Waals surface area contributed by atoms with Crippen molar-refractivity contribution in [3.05, 3.63) is 16.2 Å². The fourth-order valence-corrected chi connectivity index (χ4v) is 2.09. The number of nitrogens with one attached hydrogen (secondary N) is 1. The first-order valence-corrected chi connectivity index (χ1v) is 5.82. The first-order chi connectivity index (χ1) is 7.36. The zero-order valence-electron chi connectivity index (χ0n) is 8.10. The van der Waals surface area contributed by atoms with Gasteiger partial charge in [-0.3, -0.25) is 5.10 Å². The maximum atomic E-state index is 5.50. The predicted molar refractivity (Wildman–Crippen MR) is 57.4 cm³/mol. The Kier molecular flexibility index (Phi) is 2.03. The largest absolute Gasteiger partial charge is 0.325 e. The van der Waals surface area contributed by atoms with Crippen LogP contribution in [-0.4, -0.2) is 20.2 Å². The van der Waals surface area contributed by atoms with Crippen molar-refractivity contribution in [3.8, 4) is 11.5 Å². The first kappa shape index (κ1) is 8.99. The highest BCUT2D eigenvalue weighted by Crippen LogP contribution is 2.38. The standard InChI is InChI=1S/C9H11N5S/c10-3-7-11-6(4-15-7)9-12-8(13-14-9)5-1-2-5/h4-5H,1-3,10H2,(H,12,13,14). The molecular weight excluding hydrogens is 210 g/mol. The molecule has 3 rings (SSSR count). The summed E-state index contributed by atoms with van der Waals surface area (Å²) in [5.74, 6) is 2.28. The lowest BCUT2D eigenvalue weighted by molar-refractivity contribution is 0.934. The normalized spacial score (nSPS) is 15.8. The van der Waals surface area contributed by atoms with E-state index in [1.807, 2.05) is 5.38 Å². The third-order valence-corrected chi connectivity index (χ3v) is 3.29. The van der Waals surface area contributed by atoms with Gasteiger partial charge in [-0.2, -0.15) is 5.10 Å². The smallest absolute Gasteiger partial charge is 0.200 e. The number of aromatic nitrogens is 4. The van der Waals surface area contributed by atoms with Gasteiger partial charge < -0.3 is 5.73 Å². The second-order valence-electron chi connectivity index (χ2n) is 3.65. The molecule has 1 aliphatic rings. The highest BCUT2D eigenvalue weighted by atomic mass is 32.1. The molecule has 0 aliphatic heterocycles. The number of rotatable bonds is 3. The van der Waals surface area contributed by atoms with Crippen molar-refractivity contribution < 1.29 is 0 Å². The number of aromatic amines is 1. The summed E-state index contributed by atoms with van der Waals surface area (Å²) in [5, 5.41) is 9.99. The third kappa shape index (κ3) is 1.66. The Morgan fingerprint density at radius 2 is 2.33 bits per heavy atom. The summed E-state index contributed by atoms with van der Waals surface area (Å²) in [6, 6.07) is 0. The summed E-state index contributed by atoms with van der Waals surface area (Å²) in [4.78, 5) is 8.77. The van der Waals surface area contributed by atoms with Crippen LogP contribution in [0.1, 0.15) is 29.6 Å². The molecule has 0 amide bonds. The number of hydrogen-bond acceptors (Lipinski definition) is 5. The van der Waals surface area contributed by atoms with Gasteiger partial charge in [0.05, 0.1) is 0 Å². The Hall–Kier alpha value is -1.27. The second kappa shape index (κ2) is 3.39. The van der Waals surface area contributed by atoms with Crippen LogP contribution in [-0.2, 0) is 6.54 Å². The minimum Gasteiger partial charge on any atom is -0.325 e. The van der Waals surface area contributed by atoms with Gasteiger partial charge in [-0.05, 0) is 12.8 Å². The van der Waals surface area contributed by atoms with Gasteiger partial charge in [-0.15, -0.1) is 11.3 Å². The molecule has 1 fully saturated rings. The SMILES string of the molecule is NCc1nc(-c2n[nH]c(C3CC3)n2)cs1. The lowest BCUT2D eigenvalue weighted by Gasteiger charge is -1.86. The molecule has 5 nitrogen and oxygen atoms in total. The number of hydrogen-bond donors (Lipinski definition) is 2. The van der Waals surface area contributed by atoms with Crippen LogP contribution in [0.15, 0.2) is 5.38 Å². The Morgan fingerprint density at radius 1 is 1.47 bits per heavy atom. The summed E-state index contributed by atoms with van der Waals surface area (Å²) in [7, 11) is 0. The van der Waals surface area contributed by atoms with Gasteiger partial charge in [0.25, 0.3) is 0 Å². The molecule has 2 aromatic heterocycles. The van der Waals surface area contributed by atoms with E-state index in [4.69, 9.17) is 5.73 Å². The minimum atomic E-state index is 0.477. The summed E-state index contributed by atoms with van der Waals surface area (Å²) >= 11 is 1.55. The maximum absolute atomic E-state index is 5.50. The van der Waals surface area contributed by atoms with Gasteiger partial charge in [0.15, 0.2) is 0 Å². The van der Waals surface area contributed by atoms with E-state index in [0.29, 0.717) is 18.3 Å². The average molecular weight is 221 g/mol. The molecule has 0 unspecified atom stereocenters. The van der Waals surface area contributed by atoms with Crippen LogP contribution >= 0.6 is 11.3 Å². The van der Waals surface area contributed by atoms with E-state index in [1.54, 1.807) is 11.3 Å². The van der Waals surface area contributed by atoms with Crippen molar-refractivity contribution in [1.29, 1.82) is 0 Å². The number of thiazole rings is 1. The van der Waals surface area contributed by atoms with Gasteiger partial charge in [0, 0.05) is 17.8 Å². The molecule has 0 radical (unpaired) electrons. The zero-order chi connectivity index (χ0) is 10.3. The molecule has 3 N–H and O–H groups in total. The Balaban J connectivity index is 1.90. The van der Waals surface area contributed by atoms with Crippen LogP contribution in [0.5, 0.6) is 0 Å². The van der Waals surface area contributed by atoms with Gasteiger partial charge >= 0.3 is 0 Å². The first-order valence-electron chi connectivity index (χ1n) is 4.94. The van der Waals surface area contributed by atoms with E-state index in [1.165, 1.54) is 12.8 Å². The van der Waals surface area contributed by atoms with Crippen molar-refractivity contribution in [1.82, 2.24) is 20.2 Å². The van der Waals surface area contributed by atoms with Crippen molar-refractivity contribution >= 4 is 11.3 Å². The predicted octanol–water partition coefficient (Wildman–Crippen LogP) is 1.26. The van der Waals surface area contributed by atoms with Crippen LogP contribution in [0.3, 0.4) is 0 Å². The molecule has 1 saturated carbocycles. The molecular formula is C9H11N5S. The fraction of sp³-hybridized carbons (Fsp3) is 0.444. The van der Waals surface area contributed by atoms with Gasteiger partial charge in [-0.25, -0.2) is 9.97 Å². The molecule has 2 aromatic rings. The van der Waals surface area contributed by atoms with Gasteiger partial charge in [0.1, 0.15) is 16.5 Å². The van der Waals surface area contributed by atoms with Crippen LogP contribution < -0.4 is 5.73 Å². The topological polar surface area (TPSA) is 80.5 Å². The second-order valence-corrected chi connectivity index (χ2v) is 4.59. The molecule has 0 bridgehead atoms. The molecule has 0 saturated heterocycles. The van der Waals surface area contributed by atoms with Crippen molar-refractivity contribution in [2.75, 3.05) is 0 Å². The highest BCUT2D eigenvalue weighted by Gasteiger charge is 2.27. The number of H-pyrrole nitrogens is 1. The monoisotopic (exact) mass is 221 g/mol. The van der Waals surface area contributed by atoms with E-state index < -0.39 is 0 Å². The van der Waals surface area contributed by atoms with E-state index in [9.17, 15) is 0 Å². The maximum Gasteiger partial charge on any atom is 0.200 e. The van der Waals surface area contributed by atoms with Gasteiger partial charge in [-0.1, -0.05) is 0 Å². The molecule has 0 atom stereocenters. The molecule has 2 heterocycles. The molecule has 0 spiro atoms. The molecule has 78 valence electrons. The number of nitrogens with two attached hydrogens (primary N) is 1. The summed E-state index contributed by atoms with van der Waals surface area (Å²) < 4.78 is 0. The Morgan fingerprint density at radius 3 is 3.00 bits per heavy atom. The summed E-state index contributed by atoms with van der Waals surface area (Å²) in [6.45, 7) is 0.477. The number of nitrogens with zero attached hydrogens (tertiary/aromatic N) is 3. The van der Waals surface area contributed by atoms with E-state index in [-0.39, 0.29) is 0 Å². The fourth-order valence-electron chi connectivity index (χ4n) is 1.44. The molecule has 6 heteroatoms. The molecule has 15 heavy (non-hydrogen) atoms. The van der Waals surface area contributed by atoms with Crippen molar-refractivity contribution in [2.45, 2.75) is 25.3 Å². The Labute approximate surface area is 90.8 Å². The third-order valence-electron chi connectivity index (χ3n) is 2.42. The highest BCUT2D eigenvalue weighted by molar-refractivity contribution is 7.09. The zero-order valence-corrected chi connectivity index (χ0v) is 8.92. The summed E-state index contributed by atoms with van der Waals surface area (Å²) in [6.07, 6.45) is 2.44. The van der Waals surface area contributed by atoms with Crippen LogP contribution in [0.25, 0.3) is 11.5 Å². The van der Waals surface area contributed by atoms with Gasteiger partial charge in [0.2, 0.25) is 5.82 Å². The Bertz CT molecular complexity index is 470. The van der Waals surface area contributed by atoms with Crippen molar-refractivity contribution in [3.63, 3.8) is 0 Å². The lowest BCUT2D eigenvalue weighted by Crippen LogP contribution is -1.94. The lowest BCUT2D eigenvalue weighted by atomic mass is 10.4. The molecule has 1 aliphatic carbocycles.